The van der Waals surface area contributed by atoms with Gasteiger partial charge in [0.25, 0.3) is 0 Å². The summed E-state index contributed by atoms with van der Waals surface area (Å²) in [6.07, 6.45) is 5.50. The second-order valence-electron chi connectivity index (χ2n) is 5.53. The van der Waals surface area contributed by atoms with Crippen molar-refractivity contribution in [1.82, 2.24) is 19.7 Å². The molecular weight excluding hydrogens is 228 g/mol. The number of hydrogen-bond donors (Lipinski definition) is 1. The Labute approximate surface area is 109 Å². The van der Waals surface area contributed by atoms with Crippen LogP contribution in [-0.2, 0) is 13.1 Å². The molecule has 1 aliphatic rings. The van der Waals surface area contributed by atoms with E-state index >= 15 is 0 Å². The summed E-state index contributed by atoms with van der Waals surface area (Å²) in [5, 5.41) is 14.3. The third kappa shape index (κ3) is 3.53. The lowest BCUT2D eigenvalue weighted by atomic mass is 9.98. The standard InChI is InChI=1S/C13H24N4O/c1-3-7-17-12(14-11-15-17)10-16-8-4-5-13(2,18)6-9-16/h11,18H,3-10H2,1-2H3. The third-order valence-electron chi connectivity index (χ3n) is 3.65. The summed E-state index contributed by atoms with van der Waals surface area (Å²) in [5.41, 5.74) is -0.494. The Bertz CT molecular complexity index is 375. The molecule has 0 saturated carbocycles. The summed E-state index contributed by atoms with van der Waals surface area (Å²) in [6.45, 7) is 7.84. The molecular formula is C13H24N4O. The van der Waals surface area contributed by atoms with Gasteiger partial charge in [-0.25, -0.2) is 9.67 Å². The Morgan fingerprint density at radius 3 is 3.00 bits per heavy atom. The molecule has 102 valence electrons. The van der Waals surface area contributed by atoms with Crippen LogP contribution in [0.3, 0.4) is 0 Å². The van der Waals surface area contributed by atoms with E-state index in [1.165, 1.54) is 0 Å². The molecule has 0 aromatic carbocycles. The molecule has 1 aromatic heterocycles. The first-order valence-corrected chi connectivity index (χ1v) is 6.92. The zero-order valence-electron chi connectivity index (χ0n) is 11.5. The molecule has 0 aliphatic carbocycles. The van der Waals surface area contributed by atoms with E-state index in [-0.39, 0.29) is 0 Å². The minimum absolute atomic E-state index is 0.494. The zero-order valence-corrected chi connectivity index (χ0v) is 11.5. The van der Waals surface area contributed by atoms with Gasteiger partial charge in [0.2, 0.25) is 0 Å². The van der Waals surface area contributed by atoms with Gasteiger partial charge in [0, 0.05) is 13.1 Å². The van der Waals surface area contributed by atoms with Crippen molar-refractivity contribution < 1.29 is 5.11 Å². The van der Waals surface area contributed by atoms with E-state index in [0.717, 1.165) is 57.7 Å². The fourth-order valence-corrected chi connectivity index (χ4v) is 2.49. The van der Waals surface area contributed by atoms with Gasteiger partial charge in [0.15, 0.2) is 0 Å². The SMILES string of the molecule is CCCn1ncnc1CN1CCCC(C)(O)CC1. The number of aryl methyl sites for hydroxylation is 1. The van der Waals surface area contributed by atoms with E-state index in [9.17, 15) is 5.11 Å². The van der Waals surface area contributed by atoms with Gasteiger partial charge < -0.3 is 5.11 Å². The van der Waals surface area contributed by atoms with Gasteiger partial charge >= 0.3 is 0 Å². The van der Waals surface area contributed by atoms with Crippen LogP contribution in [0.25, 0.3) is 0 Å². The van der Waals surface area contributed by atoms with Crippen molar-refractivity contribution >= 4 is 0 Å². The summed E-state index contributed by atoms with van der Waals surface area (Å²) in [6, 6.07) is 0. The molecule has 0 bridgehead atoms. The van der Waals surface area contributed by atoms with Crippen molar-refractivity contribution in [2.45, 2.75) is 58.2 Å². The quantitative estimate of drug-likeness (QED) is 0.880. The molecule has 5 nitrogen and oxygen atoms in total. The molecule has 1 saturated heterocycles. The van der Waals surface area contributed by atoms with Gasteiger partial charge in [-0.2, -0.15) is 5.10 Å². The largest absolute Gasteiger partial charge is 0.390 e. The summed E-state index contributed by atoms with van der Waals surface area (Å²) >= 11 is 0. The van der Waals surface area contributed by atoms with E-state index in [4.69, 9.17) is 0 Å². The summed E-state index contributed by atoms with van der Waals surface area (Å²) < 4.78 is 1.99. The van der Waals surface area contributed by atoms with Gasteiger partial charge in [-0.1, -0.05) is 6.92 Å². The van der Waals surface area contributed by atoms with Gasteiger partial charge in [0.1, 0.15) is 12.2 Å². The third-order valence-corrected chi connectivity index (χ3v) is 3.65. The Hall–Kier alpha value is -0.940. The molecule has 1 unspecified atom stereocenters. The molecule has 1 fully saturated rings. The molecule has 2 heterocycles. The highest BCUT2D eigenvalue weighted by Gasteiger charge is 2.25. The van der Waals surface area contributed by atoms with Crippen LogP contribution < -0.4 is 0 Å². The summed E-state index contributed by atoms with van der Waals surface area (Å²) in [7, 11) is 0. The first kappa shape index (κ1) is 13.5. The number of rotatable bonds is 4. The number of nitrogens with zero attached hydrogens (tertiary/aromatic N) is 4. The maximum atomic E-state index is 10.1. The first-order valence-electron chi connectivity index (χ1n) is 6.92. The van der Waals surface area contributed by atoms with Crippen LogP contribution in [0.1, 0.15) is 45.4 Å². The van der Waals surface area contributed by atoms with Crippen molar-refractivity contribution in [3.63, 3.8) is 0 Å². The lowest BCUT2D eigenvalue weighted by molar-refractivity contribution is 0.0443. The number of aromatic nitrogens is 3. The molecule has 18 heavy (non-hydrogen) atoms. The lowest BCUT2D eigenvalue weighted by Gasteiger charge is -2.22. The Kier molecular flexibility index (Phi) is 4.35. The minimum atomic E-state index is -0.494. The van der Waals surface area contributed by atoms with Crippen molar-refractivity contribution in [1.29, 1.82) is 0 Å². The van der Waals surface area contributed by atoms with Crippen molar-refractivity contribution in [3.05, 3.63) is 12.2 Å². The highest BCUT2D eigenvalue weighted by atomic mass is 16.3. The normalized spacial score (nSPS) is 26.2. The Morgan fingerprint density at radius 1 is 1.39 bits per heavy atom. The first-order chi connectivity index (χ1) is 8.61. The molecule has 0 spiro atoms. The number of likely N-dealkylation sites (tertiary alicyclic amines) is 1. The lowest BCUT2D eigenvalue weighted by Crippen LogP contribution is -2.29. The van der Waals surface area contributed by atoms with Crippen molar-refractivity contribution in [2.75, 3.05) is 13.1 Å². The van der Waals surface area contributed by atoms with Gasteiger partial charge in [-0.15, -0.1) is 0 Å². The zero-order chi connectivity index (χ0) is 13.0. The van der Waals surface area contributed by atoms with Crippen LogP contribution in [-0.4, -0.2) is 43.5 Å². The highest BCUT2D eigenvalue weighted by molar-refractivity contribution is 4.87. The van der Waals surface area contributed by atoms with E-state index < -0.39 is 5.60 Å². The Balaban J connectivity index is 1.94. The predicted octanol–water partition coefficient (Wildman–Crippen LogP) is 1.43. The number of hydrogen-bond acceptors (Lipinski definition) is 4. The van der Waals surface area contributed by atoms with Gasteiger partial charge in [-0.05, 0) is 39.2 Å². The van der Waals surface area contributed by atoms with Crippen molar-refractivity contribution in [3.8, 4) is 0 Å². The van der Waals surface area contributed by atoms with Gasteiger partial charge in [-0.3, -0.25) is 4.90 Å². The molecule has 1 N–H and O–H groups in total. The molecule has 1 atom stereocenters. The van der Waals surface area contributed by atoms with Crippen LogP contribution in [0.2, 0.25) is 0 Å². The average Bonchev–Trinajstić information content (AvgIpc) is 2.66. The number of aliphatic hydroxyl groups is 1. The fourth-order valence-electron chi connectivity index (χ4n) is 2.49. The molecule has 2 rings (SSSR count). The summed E-state index contributed by atoms with van der Waals surface area (Å²) in [5.74, 6) is 1.04. The maximum absolute atomic E-state index is 10.1. The topological polar surface area (TPSA) is 54.2 Å². The molecule has 5 heteroatoms. The van der Waals surface area contributed by atoms with E-state index in [1.807, 2.05) is 11.6 Å². The van der Waals surface area contributed by atoms with Crippen LogP contribution in [0.4, 0.5) is 0 Å². The minimum Gasteiger partial charge on any atom is -0.390 e. The molecule has 0 radical (unpaired) electrons. The molecule has 1 aromatic rings. The molecule has 0 amide bonds. The van der Waals surface area contributed by atoms with Crippen molar-refractivity contribution in [2.24, 2.45) is 0 Å². The second-order valence-corrected chi connectivity index (χ2v) is 5.53. The second kappa shape index (κ2) is 5.80. The van der Waals surface area contributed by atoms with Crippen LogP contribution >= 0.6 is 0 Å². The van der Waals surface area contributed by atoms with Crippen LogP contribution in [0.15, 0.2) is 6.33 Å². The van der Waals surface area contributed by atoms with Gasteiger partial charge in [0.05, 0.1) is 12.1 Å². The summed E-state index contributed by atoms with van der Waals surface area (Å²) in [4.78, 5) is 6.72. The smallest absolute Gasteiger partial charge is 0.141 e. The van der Waals surface area contributed by atoms with Crippen LogP contribution in [0.5, 0.6) is 0 Å². The fraction of sp³-hybridized carbons (Fsp3) is 0.846. The van der Waals surface area contributed by atoms with E-state index in [2.05, 4.69) is 21.9 Å². The van der Waals surface area contributed by atoms with Crippen LogP contribution in [0, 0.1) is 0 Å². The molecule has 1 aliphatic heterocycles. The highest BCUT2D eigenvalue weighted by Crippen LogP contribution is 2.22. The Morgan fingerprint density at radius 2 is 2.22 bits per heavy atom. The average molecular weight is 252 g/mol. The predicted molar refractivity (Wildman–Crippen MR) is 70.1 cm³/mol. The monoisotopic (exact) mass is 252 g/mol. The van der Waals surface area contributed by atoms with E-state index in [1.54, 1.807) is 6.33 Å². The maximum Gasteiger partial charge on any atom is 0.141 e. The van der Waals surface area contributed by atoms with E-state index in [0.29, 0.717) is 0 Å².